The highest BCUT2D eigenvalue weighted by atomic mass is 35.5. The van der Waals surface area contributed by atoms with Gasteiger partial charge in [-0.3, -0.25) is 9.80 Å². The Morgan fingerprint density at radius 2 is 2.00 bits per heavy atom. The summed E-state index contributed by atoms with van der Waals surface area (Å²) >= 11 is 12.4. The molecule has 21 heavy (non-hydrogen) atoms. The fraction of sp³-hybridized carbons (Fsp3) is 0.625. The predicted molar refractivity (Wildman–Crippen MR) is 89.0 cm³/mol. The summed E-state index contributed by atoms with van der Waals surface area (Å²) in [5, 5.41) is 1.41. The molecular formula is C16H23Cl2N3. The van der Waals surface area contributed by atoms with E-state index in [0.29, 0.717) is 17.6 Å². The second-order valence-electron chi connectivity index (χ2n) is 6.10. The van der Waals surface area contributed by atoms with Gasteiger partial charge in [0, 0.05) is 41.8 Å². The maximum atomic E-state index is 6.40. The lowest BCUT2D eigenvalue weighted by Crippen LogP contribution is -2.40. The summed E-state index contributed by atoms with van der Waals surface area (Å²) < 4.78 is 0. The van der Waals surface area contributed by atoms with Crippen molar-refractivity contribution in [3.8, 4) is 0 Å². The fourth-order valence-electron chi connectivity index (χ4n) is 3.76. The zero-order chi connectivity index (χ0) is 14.8. The largest absolute Gasteiger partial charge is 0.329 e. The van der Waals surface area contributed by atoms with Gasteiger partial charge in [-0.05, 0) is 50.0 Å². The quantitative estimate of drug-likeness (QED) is 0.925. The van der Waals surface area contributed by atoms with Crippen LogP contribution in [0.1, 0.15) is 30.9 Å². The van der Waals surface area contributed by atoms with Crippen LogP contribution in [-0.2, 0) is 0 Å². The van der Waals surface area contributed by atoms with E-state index in [0.717, 1.165) is 23.7 Å². The van der Waals surface area contributed by atoms with Crippen molar-refractivity contribution in [3.05, 3.63) is 33.8 Å². The maximum absolute atomic E-state index is 6.40. The maximum Gasteiger partial charge on any atom is 0.0485 e. The molecule has 0 aliphatic carbocycles. The van der Waals surface area contributed by atoms with Gasteiger partial charge in [0.05, 0.1) is 0 Å². The lowest BCUT2D eigenvalue weighted by molar-refractivity contribution is 0.176. The number of hydrogen-bond donors (Lipinski definition) is 1. The third-order valence-electron chi connectivity index (χ3n) is 4.82. The summed E-state index contributed by atoms with van der Waals surface area (Å²) in [5.41, 5.74) is 7.19. The van der Waals surface area contributed by atoms with E-state index < -0.39 is 0 Å². The summed E-state index contributed by atoms with van der Waals surface area (Å²) in [7, 11) is 0. The van der Waals surface area contributed by atoms with Crippen molar-refractivity contribution in [2.75, 3.05) is 32.7 Å². The number of fused-ring (bicyclic) bond motifs is 1. The van der Waals surface area contributed by atoms with Crippen molar-refractivity contribution < 1.29 is 0 Å². The first-order chi connectivity index (χ1) is 10.2. The number of benzene rings is 1. The van der Waals surface area contributed by atoms with Gasteiger partial charge in [-0.2, -0.15) is 0 Å². The van der Waals surface area contributed by atoms with Crippen LogP contribution in [0.3, 0.4) is 0 Å². The first kappa shape index (κ1) is 15.6. The monoisotopic (exact) mass is 327 g/mol. The second kappa shape index (κ2) is 6.84. The molecule has 2 aliphatic heterocycles. The van der Waals surface area contributed by atoms with Crippen LogP contribution in [0.25, 0.3) is 0 Å². The van der Waals surface area contributed by atoms with Gasteiger partial charge in [-0.1, -0.05) is 29.3 Å². The van der Waals surface area contributed by atoms with Crippen LogP contribution in [0.15, 0.2) is 18.2 Å². The SMILES string of the molecule is NCC(c1ccc(Cl)cc1Cl)N1CCCN2CCCC2C1. The number of nitrogens with two attached hydrogens (primary N) is 1. The Kier molecular flexibility index (Phi) is 5.07. The molecule has 0 amide bonds. The van der Waals surface area contributed by atoms with Crippen molar-refractivity contribution in [2.24, 2.45) is 5.73 Å². The minimum Gasteiger partial charge on any atom is -0.329 e. The van der Waals surface area contributed by atoms with Gasteiger partial charge in [0.1, 0.15) is 0 Å². The summed E-state index contributed by atoms with van der Waals surface area (Å²) in [6.07, 6.45) is 3.84. The van der Waals surface area contributed by atoms with Crippen molar-refractivity contribution in [1.29, 1.82) is 0 Å². The molecule has 1 aromatic carbocycles. The highest BCUT2D eigenvalue weighted by Gasteiger charge is 2.32. The normalized spacial score (nSPS) is 25.6. The second-order valence-corrected chi connectivity index (χ2v) is 6.94. The van der Waals surface area contributed by atoms with Crippen LogP contribution in [0.2, 0.25) is 10.0 Å². The molecule has 0 radical (unpaired) electrons. The van der Waals surface area contributed by atoms with Crippen molar-refractivity contribution >= 4 is 23.2 Å². The van der Waals surface area contributed by atoms with E-state index in [-0.39, 0.29) is 6.04 Å². The third-order valence-corrected chi connectivity index (χ3v) is 5.38. The van der Waals surface area contributed by atoms with Crippen LogP contribution in [0, 0.1) is 0 Å². The van der Waals surface area contributed by atoms with E-state index in [1.54, 1.807) is 0 Å². The van der Waals surface area contributed by atoms with Gasteiger partial charge < -0.3 is 5.73 Å². The summed E-state index contributed by atoms with van der Waals surface area (Å²) in [4.78, 5) is 5.15. The van der Waals surface area contributed by atoms with E-state index in [4.69, 9.17) is 28.9 Å². The van der Waals surface area contributed by atoms with Gasteiger partial charge in [-0.25, -0.2) is 0 Å². The highest BCUT2D eigenvalue weighted by Crippen LogP contribution is 2.32. The van der Waals surface area contributed by atoms with E-state index in [1.165, 1.54) is 32.4 Å². The molecule has 2 atom stereocenters. The zero-order valence-electron chi connectivity index (χ0n) is 12.3. The van der Waals surface area contributed by atoms with Crippen LogP contribution < -0.4 is 5.73 Å². The minimum atomic E-state index is 0.190. The van der Waals surface area contributed by atoms with Crippen LogP contribution in [0.4, 0.5) is 0 Å². The van der Waals surface area contributed by atoms with Crippen molar-refractivity contribution in [1.82, 2.24) is 9.80 Å². The molecule has 2 aliphatic rings. The molecular weight excluding hydrogens is 305 g/mol. The standard InChI is InChI=1S/C16H23Cl2N3/c17-12-4-5-14(15(18)9-12)16(10-19)21-8-2-7-20-6-1-3-13(20)11-21/h4-5,9,13,16H,1-3,6-8,10-11,19H2. The molecule has 2 N–H and O–H groups in total. The first-order valence-electron chi connectivity index (χ1n) is 7.82. The molecule has 116 valence electrons. The molecule has 2 unspecified atom stereocenters. The molecule has 0 spiro atoms. The molecule has 5 heteroatoms. The Labute approximate surface area is 137 Å². The minimum absolute atomic E-state index is 0.190. The van der Waals surface area contributed by atoms with Gasteiger partial charge in [-0.15, -0.1) is 0 Å². The Hall–Kier alpha value is -0.320. The smallest absolute Gasteiger partial charge is 0.0485 e. The Morgan fingerprint density at radius 3 is 2.76 bits per heavy atom. The lowest BCUT2D eigenvalue weighted by Gasteiger charge is -2.33. The van der Waals surface area contributed by atoms with Gasteiger partial charge in [0.25, 0.3) is 0 Å². The summed E-state index contributed by atoms with van der Waals surface area (Å²) in [6, 6.07) is 6.63. The molecule has 2 saturated heterocycles. The molecule has 3 nitrogen and oxygen atoms in total. The average Bonchev–Trinajstić information content (AvgIpc) is 2.80. The molecule has 0 aromatic heterocycles. The van der Waals surface area contributed by atoms with Crippen LogP contribution in [0.5, 0.6) is 0 Å². The Bertz CT molecular complexity index is 494. The van der Waals surface area contributed by atoms with E-state index in [9.17, 15) is 0 Å². The Morgan fingerprint density at radius 1 is 1.19 bits per heavy atom. The number of halogens is 2. The number of nitrogens with zero attached hydrogens (tertiary/aromatic N) is 2. The van der Waals surface area contributed by atoms with Gasteiger partial charge >= 0.3 is 0 Å². The molecule has 0 bridgehead atoms. The predicted octanol–water partition coefficient (Wildman–Crippen LogP) is 3.16. The molecule has 2 fully saturated rings. The van der Waals surface area contributed by atoms with Gasteiger partial charge in [0.15, 0.2) is 0 Å². The lowest BCUT2D eigenvalue weighted by atomic mass is 10.0. The van der Waals surface area contributed by atoms with Crippen LogP contribution in [-0.4, -0.2) is 48.6 Å². The average molecular weight is 328 g/mol. The highest BCUT2D eigenvalue weighted by molar-refractivity contribution is 6.35. The van der Waals surface area contributed by atoms with Crippen molar-refractivity contribution in [2.45, 2.75) is 31.3 Å². The zero-order valence-corrected chi connectivity index (χ0v) is 13.8. The Balaban J connectivity index is 1.81. The van der Waals surface area contributed by atoms with E-state index >= 15 is 0 Å². The molecule has 1 aromatic rings. The molecule has 0 saturated carbocycles. The van der Waals surface area contributed by atoms with Crippen LogP contribution >= 0.6 is 23.2 Å². The van der Waals surface area contributed by atoms with E-state index in [1.807, 2.05) is 18.2 Å². The fourth-order valence-corrected chi connectivity index (χ4v) is 4.30. The third kappa shape index (κ3) is 3.38. The first-order valence-corrected chi connectivity index (χ1v) is 8.57. The molecule has 3 rings (SSSR count). The summed E-state index contributed by atoms with van der Waals surface area (Å²) in [5.74, 6) is 0. The molecule has 2 heterocycles. The summed E-state index contributed by atoms with van der Waals surface area (Å²) in [6.45, 7) is 5.25. The van der Waals surface area contributed by atoms with Crippen molar-refractivity contribution in [3.63, 3.8) is 0 Å². The van der Waals surface area contributed by atoms with Gasteiger partial charge in [0.2, 0.25) is 0 Å². The number of rotatable bonds is 3. The number of hydrogen-bond acceptors (Lipinski definition) is 3. The topological polar surface area (TPSA) is 32.5 Å². The van der Waals surface area contributed by atoms with E-state index in [2.05, 4.69) is 9.80 Å².